The second-order valence-electron chi connectivity index (χ2n) is 5.29. The van der Waals surface area contributed by atoms with Gasteiger partial charge in [0, 0.05) is 11.6 Å². The maximum Gasteiger partial charge on any atom is 0.224 e. The van der Waals surface area contributed by atoms with Crippen molar-refractivity contribution in [3.8, 4) is 0 Å². The van der Waals surface area contributed by atoms with Gasteiger partial charge in [-0.2, -0.15) is 0 Å². The fourth-order valence-corrected chi connectivity index (χ4v) is 2.72. The maximum atomic E-state index is 6.17. The molecule has 0 spiro atoms. The Morgan fingerprint density at radius 3 is 2.71 bits per heavy atom. The van der Waals surface area contributed by atoms with Crippen LogP contribution in [0.25, 0.3) is 0 Å². The Morgan fingerprint density at radius 1 is 1.24 bits per heavy atom. The van der Waals surface area contributed by atoms with Crippen LogP contribution in [0.5, 0.6) is 0 Å². The van der Waals surface area contributed by atoms with E-state index < -0.39 is 0 Å². The second-order valence-corrected chi connectivity index (χ2v) is 5.65. The lowest BCUT2D eigenvalue weighted by Crippen LogP contribution is -2.19. The second kappa shape index (κ2) is 5.21. The van der Waals surface area contributed by atoms with E-state index in [-0.39, 0.29) is 0 Å². The van der Waals surface area contributed by atoms with E-state index in [2.05, 4.69) is 36.1 Å². The predicted molar refractivity (Wildman–Crippen MR) is 71.6 cm³/mol. The molecule has 2 rings (SSSR count). The minimum atomic E-state index is 0.380. The summed E-state index contributed by atoms with van der Waals surface area (Å²) in [5.41, 5.74) is 2.28. The normalized spacial score (nSPS) is 16.1. The number of rotatable bonds is 4. The molecule has 0 aliphatic heterocycles. The van der Waals surface area contributed by atoms with Gasteiger partial charge in [0.05, 0.1) is 5.69 Å². The van der Waals surface area contributed by atoms with Gasteiger partial charge in [-0.1, -0.05) is 25.4 Å². The van der Waals surface area contributed by atoms with Crippen LogP contribution in [0.3, 0.4) is 0 Å². The van der Waals surface area contributed by atoms with Gasteiger partial charge in [0.25, 0.3) is 0 Å². The molecule has 0 bridgehead atoms. The highest BCUT2D eigenvalue weighted by atomic mass is 35.5. The Kier molecular flexibility index (Phi) is 3.87. The third-order valence-corrected chi connectivity index (χ3v) is 3.40. The number of nitrogens with zero attached hydrogens (tertiary/aromatic N) is 2. The highest BCUT2D eigenvalue weighted by Crippen LogP contribution is 2.27. The molecule has 1 unspecified atom stereocenters. The topological polar surface area (TPSA) is 37.8 Å². The third-order valence-electron chi connectivity index (χ3n) is 3.08. The van der Waals surface area contributed by atoms with Crippen LogP contribution in [0.1, 0.15) is 44.9 Å². The van der Waals surface area contributed by atoms with E-state index in [1.54, 1.807) is 0 Å². The summed E-state index contributed by atoms with van der Waals surface area (Å²) < 4.78 is 0. The minimum Gasteiger partial charge on any atom is -0.352 e. The average Bonchev–Trinajstić information content (AvgIpc) is 2.64. The van der Waals surface area contributed by atoms with Crippen molar-refractivity contribution < 1.29 is 0 Å². The molecular formula is C13H20ClN3. The SMILES string of the molecule is CC(C)CC(C)Nc1nc(Cl)c2c(n1)CCC2. The van der Waals surface area contributed by atoms with Gasteiger partial charge in [-0.3, -0.25) is 0 Å². The lowest BCUT2D eigenvalue weighted by molar-refractivity contribution is 0.537. The fraction of sp³-hybridized carbons (Fsp3) is 0.692. The number of anilines is 1. The van der Waals surface area contributed by atoms with Crippen molar-refractivity contribution in [3.63, 3.8) is 0 Å². The summed E-state index contributed by atoms with van der Waals surface area (Å²) in [5.74, 6) is 1.35. The summed E-state index contributed by atoms with van der Waals surface area (Å²) in [6.45, 7) is 6.59. The molecule has 1 aliphatic rings. The molecule has 17 heavy (non-hydrogen) atoms. The van der Waals surface area contributed by atoms with E-state index in [9.17, 15) is 0 Å². The van der Waals surface area contributed by atoms with Crippen molar-refractivity contribution in [2.45, 2.75) is 52.5 Å². The molecule has 0 saturated carbocycles. The fourth-order valence-electron chi connectivity index (χ4n) is 2.44. The molecule has 94 valence electrons. The number of aromatic nitrogens is 2. The molecule has 1 aromatic rings. The molecule has 0 fully saturated rings. The van der Waals surface area contributed by atoms with E-state index in [0.29, 0.717) is 23.1 Å². The first-order chi connectivity index (χ1) is 8.06. The molecule has 0 amide bonds. The Labute approximate surface area is 108 Å². The van der Waals surface area contributed by atoms with E-state index >= 15 is 0 Å². The first-order valence-corrected chi connectivity index (χ1v) is 6.76. The number of hydrogen-bond donors (Lipinski definition) is 1. The molecular weight excluding hydrogens is 234 g/mol. The Bertz CT molecular complexity index is 404. The van der Waals surface area contributed by atoms with Crippen molar-refractivity contribution in [1.82, 2.24) is 9.97 Å². The zero-order valence-electron chi connectivity index (χ0n) is 10.8. The largest absolute Gasteiger partial charge is 0.352 e. The standard InChI is InChI=1S/C13H20ClN3/c1-8(2)7-9(3)15-13-16-11-6-4-5-10(11)12(14)17-13/h8-9H,4-7H2,1-3H3,(H,15,16,17). The van der Waals surface area contributed by atoms with Gasteiger partial charge in [-0.05, 0) is 38.5 Å². The molecule has 1 N–H and O–H groups in total. The Hall–Kier alpha value is -0.830. The van der Waals surface area contributed by atoms with Gasteiger partial charge in [0.15, 0.2) is 0 Å². The van der Waals surface area contributed by atoms with Crippen LogP contribution in [0.4, 0.5) is 5.95 Å². The van der Waals surface area contributed by atoms with Gasteiger partial charge in [0.1, 0.15) is 5.15 Å². The van der Waals surface area contributed by atoms with E-state index in [4.69, 9.17) is 11.6 Å². The minimum absolute atomic E-state index is 0.380. The van der Waals surface area contributed by atoms with Crippen molar-refractivity contribution in [3.05, 3.63) is 16.4 Å². The molecule has 1 aromatic heterocycles. The van der Waals surface area contributed by atoms with Crippen LogP contribution in [0.2, 0.25) is 5.15 Å². The molecule has 3 nitrogen and oxygen atoms in total. The quantitative estimate of drug-likeness (QED) is 0.835. The first-order valence-electron chi connectivity index (χ1n) is 6.38. The molecule has 4 heteroatoms. The molecule has 0 aromatic carbocycles. The van der Waals surface area contributed by atoms with Crippen molar-refractivity contribution in [2.24, 2.45) is 5.92 Å². The zero-order valence-corrected chi connectivity index (χ0v) is 11.5. The lowest BCUT2D eigenvalue weighted by atomic mass is 10.1. The van der Waals surface area contributed by atoms with Crippen LogP contribution in [0, 0.1) is 5.92 Å². The molecule has 0 saturated heterocycles. The third kappa shape index (κ3) is 3.09. The summed E-state index contributed by atoms with van der Waals surface area (Å²) in [6, 6.07) is 0.380. The Balaban J connectivity index is 2.09. The maximum absolute atomic E-state index is 6.17. The zero-order chi connectivity index (χ0) is 12.4. The van der Waals surface area contributed by atoms with Gasteiger partial charge in [-0.25, -0.2) is 9.97 Å². The highest BCUT2D eigenvalue weighted by molar-refractivity contribution is 6.30. The van der Waals surface area contributed by atoms with E-state index in [1.165, 1.54) is 0 Å². The van der Waals surface area contributed by atoms with Gasteiger partial charge in [-0.15, -0.1) is 0 Å². The van der Waals surface area contributed by atoms with Crippen LogP contribution in [-0.4, -0.2) is 16.0 Å². The van der Waals surface area contributed by atoms with E-state index in [1.807, 2.05) is 0 Å². The van der Waals surface area contributed by atoms with Crippen molar-refractivity contribution in [1.29, 1.82) is 0 Å². The summed E-state index contributed by atoms with van der Waals surface area (Å²) in [5, 5.41) is 3.97. The monoisotopic (exact) mass is 253 g/mol. The van der Waals surface area contributed by atoms with Crippen LogP contribution in [-0.2, 0) is 12.8 Å². The number of fused-ring (bicyclic) bond motifs is 1. The number of halogens is 1. The summed E-state index contributed by atoms with van der Waals surface area (Å²) in [7, 11) is 0. The van der Waals surface area contributed by atoms with Crippen molar-refractivity contribution in [2.75, 3.05) is 5.32 Å². The lowest BCUT2D eigenvalue weighted by Gasteiger charge is -2.16. The molecule has 1 atom stereocenters. The van der Waals surface area contributed by atoms with Gasteiger partial charge >= 0.3 is 0 Å². The van der Waals surface area contributed by atoms with E-state index in [0.717, 1.165) is 36.9 Å². The summed E-state index contributed by atoms with van der Waals surface area (Å²) in [6.07, 6.45) is 4.31. The number of nitrogens with one attached hydrogen (secondary N) is 1. The molecule has 1 heterocycles. The summed E-state index contributed by atoms with van der Waals surface area (Å²) in [4.78, 5) is 8.89. The Morgan fingerprint density at radius 2 is 2.00 bits per heavy atom. The number of hydrogen-bond acceptors (Lipinski definition) is 3. The molecule has 0 radical (unpaired) electrons. The number of aryl methyl sites for hydroxylation is 1. The highest BCUT2D eigenvalue weighted by Gasteiger charge is 2.18. The molecule has 1 aliphatic carbocycles. The smallest absolute Gasteiger partial charge is 0.224 e. The van der Waals surface area contributed by atoms with Crippen LogP contribution < -0.4 is 5.32 Å². The first kappa shape index (κ1) is 12.6. The van der Waals surface area contributed by atoms with Crippen LogP contribution in [0.15, 0.2) is 0 Å². The van der Waals surface area contributed by atoms with Crippen molar-refractivity contribution >= 4 is 17.5 Å². The summed E-state index contributed by atoms with van der Waals surface area (Å²) >= 11 is 6.17. The van der Waals surface area contributed by atoms with Crippen LogP contribution >= 0.6 is 11.6 Å². The van der Waals surface area contributed by atoms with Gasteiger partial charge in [0.2, 0.25) is 5.95 Å². The van der Waals surface area contributed by atoms with Gasteiger partial charge < -0.3 is 5.32 Å². The average molecular weight is 254 g/mol. The predicted octanol–water partition coefficient (Wildman–Crippen LogP) is 3.47.